The predicted octanol–water partition coefficient (Wildman–Crippen LogP) is 4.60. The average molecular weight is 380 g/mol. The van der Waals surface area contributed by atoms with E-state index in [9.17, 15) is 4.79 Å². The van der Waals surface area contributed by atoms with Crippen molar-refractivity contribution in [1.29, 1.82) is 0 Å². The number of carbonyl (C=O) groups is 1. The summed E-state index contributed by atoms with van der Waals surface area (Å²) in [4.78, 5) is 12.6. The summed E-state index contributed by atoms with van der Waals surface area (Å²) in [6.07, 6.45) is 4.91. The lowest BCUT2D eigenvalue weighted by Crippen LogP contribution is -2.43. The highest BCUT2D eigenvalue weighted by Gasteiger charge is 2.38. The summed E-state index contributed by atoms with van der Waals surface area (Å²) in [5, 5.41) is 3.63. The minimum atomic E-state index is -0.471. The van der Waals surface area contributed by atoms with Crippen molar-refractivity contribution in [1.82, 2.24) is 0 Å². The zero-order chi connectivity index (χ0) is 14.8. The van der Waals surface area contributed by atoms with Crippen LogP contribution in [0.4, 0.5) is 5.69 Å². The van der Waals surface area contributed by atoms with Crippen LogP contribution in [0.25, 0.3) is 0 Å². The van der Waals surface area contributed by atoms with Crippen LogP contribution in [0.5, 0.6) is 0 Å². The van der Waals surface area contributed by atoms with Crippen molar-refractivity contribution in [2.45, 2.75) is 32.1 Å². The molecule has 1 aromatic rings. The van der Waals surface area contributed by atoms with Gasteiger partial charge in [-0.15, -0.1) is 0 Å². The first-order chi connectivity index (χ1) is 9.50. The summed E-state index contributed by atoms with van der Waals surface area (Å²) in [7, 11) is 0. The van der Waals surface area contributed by atoms with Gasteiger partial charge in [0.2, 0.25) is 5.91 Å². The van der Waals surface area contributed by atoms with Gasteiger partial charge in [-0.25, -0.2) is 0 Å². The van der Waals surface area contributed by atoms with Crippen LogP contribution in [0, 0.1) is 5.41 Å². The first-order valence-corrected chi connectivity index (χ1v) is 8.20. The van der Waals surface area contributed by atoms with Gasteiger partial charge in [0.05, 0.1) is 21.1 Å². The van der Waals surface area contributed by atoms with E-state index >= 15 is 0 Å². The lowest BCUT2D eigenvalue weighted by molar-refractivity contribution is -0.126. The van der Waals surface area contributed by atoms with Crippen molar-refractivity contribution in [3.63, 3.8) is 0 Å². The number of halogens is 3. The van der Waals surface area contributed by atoms with Gasteiger partial charge in [0, 0.05) is 11.0 Å². The van der Waals surface area contributed by atoms with Gasteiger partial charge in [-0.05, 0) is 40.9 Å². The molecule has 0 spiro atoms. The number of carbonyl (C=O) groups excluding carboxylic acids is 1. The Kier molecular flexibility index (Phi) is 5.35. The van der Waals surface area contributed by atoms with Crippen LogP contribution in [0.3, 0.4) is 0 Å². The molecule has 0 radical (unpaired) electrons. The van der Waals surface area contributed by atoms with Crippen molar-refractivity contribution in [3.8, 4) is 0 Å². The summed E-state index contributed by atoms with van der Waals surface area (Å²) in [6, 6.07) is 3.50. The van der Waals surface area contributed by atoms with E-state index < -0.39 is 5.41 Å². The minimum Gasteiger partial charge on any atom is -0.329 e. The molecule has 1 aliphatic carbocycles. The third-order valence-corrected chi connectivity index (χ3v) is 5.74. The standard InChI is InChI=1S/C14H17BrCl2N2O/c15-9-4-5-10(12(17)11(9)16)19-13(20)14(8-18)6-2-1-3-7-14/h4-5H,1-3,6-8,18H2,(H,19,20). The molecule has 1 aliphatic rings. The molecule has 3 N–H and O–H groups in total. The van der Waals surface area contributed by atoms with E-state index in [1.807, 2.05) is 0 Å². The van der Waals surface area contributed by atoms with E-state index in [4.69, 9.17) is 28.9 Å². The Balaban J connectivity index is 2.21. The smallest absolute Gasteiger partial charge is 0.231 e. The van der Waals surface area contributed by atoms with E-state index in [0.717, 1.165) is 25.7 Å². The normalized spacial score (nSPS) is 17.8. The summed E-state index contributed by atoms with van der Waals surface area (Å²) >= 11 is 15.5. The monoisotopic (exact) mass is 378 g/mol. The second kappa shape index (κ2) is 6.65. The number of amides is 1. The minimum absolute atomic E-state index is 0.0556. The molecule has 0 aromatic heterocycles. The zero-order valence-corrected chi connectivity index (χ0v) is 14.1. The summed E-state index contributed by atoms with van der Waals surface area (Å²) in [6.45, 7) is 0.362. The highest BCUT2D eigenvalue weighted by atomic mass is 79.9. The van der Waals surface area contributed by atoms with Gasteiger partial charge in [-0.2, -0.15) is 0 Å². The van der Waals surface area contributed by atoms with Gasteiger partial charge in [0.25, 0.3) is 0 Å². The van der Waals surface area contributed by atoms with E-state index in [0.29, 0.717) is 26.8 Å². The van der Waals surface area contributed by atoms with Gasteiger partial charge in [0.15, 0.2) is 0 Å². The summed E-state index contributed by atoms with van der Waals surface area (Å²) < 4.78 is 0.702. The largest absolute Gasteiger partial charge is 0.329 e. The van der Waals surface area contributed by atoms with Gasteiger partial charge < -0.3 is 11.1 Å². The van der Waals surface area contributed by atoms with E-state index in [-0.39, 0.29) is 5.91 Å². The third kappa shape index (κ3) is 3.14. The van der Waals surface area contributed by atoms with Crippen LogP contribution in [-0.2, 0) is 4.79 Å². The Hall–Kier alpha value is -0.290. The van der Waals surface area contributed by atoms with Crippen LogP contribution in [-0.4, -0.2) is 12.5 Å². The van der Waals surface area contributed by atoms with Gasteiger partial charge in [-0.3, -0.25) is 4.79 Å². The van der Waals surface area contributed by atoms with E-state index in [2.05, 4.69) is 21.2 Å². The van der Waals surface area contributed by atoms with Crippen LogP contribution in [0.15, 0.2) is 16.6 Å². The zero-order valence-electron chi connectivity index (χ0n) is 11.0. The molecule has 0 unspecified atom stereocenters. The first kappa shape index (κ1) is 16.1. The predicted molar refractivity (Wildman–Crippen MR) is 87.4 cm³/mol. The molecule has 0 aliphatic heterocycles. The van der Waals surface area contributed by atoms with Gasteiger partial charge >= 0.3 is 0 Å². The second-order valence-corrected chi connectivity index (χ2v) is 6.83. The van der Waals surface area contributed by atoms with Crippen molar-refractivity contribution in [3.05, 3.63) is 26.7 Å². The molecular formula is C14H17BrCl2N2O. The van der Waals surface area contributed by atoms with Crippen molar-refractivity contribution >= 4 is 50.7 Å². The topological polar surface area (TPSA) is 55.1 Å². The van der Waals surface area contributed by atoms with Crippen LogP contribution in [0.2, 0.25) is 10.0 Å². The quantitative estimate of drug-likeness (QED) is 0.753. The number of hydrogen-bond donors (Lipinski definition) is 2. The Labute approximate surface area is 137 Å². The first-order valence-electron chi connectivity index (χ1n) is 6.65. The summed E-state index contributed by atoms with van der Waals surface area (Å²) in [5.41, 5.74) is 5.92. The van der Waals surface area contributed by atoms with Crippen molar-refractivity contribution < 1.29 is 4.79 Å². The van der Waals surface area contributed by atoms with Gasteiger partial charge in [0.1, 0.15) is 0 Å². The maximum Gasteiger partial charge on any atom is 0.231 e. The fourth-order valence-corrected chi connectivity index (χ4v) is 3.45. The number of nitrogens with one attached hydrogen (secondary N) is 1. The average Bonchev–Trinajstić information content (AvgIpc) is 2.48. The molecule has 110 valence electrons. The Bertz CT molecular complexity index is 516. The number of nitrogens with two attached hydrogens (primary N) is 1. The highest BCUT2D eigenvalue weighted by molar-refractivity contribution is 9.10. The molecule has 20 heavy (non-hydrogen) atoms. The molecule has 1 aromatic carbocycles. The molecule has 6 heteroatoms. The van der Waals surface area contributed by atoms with E-state index in [1.165, 1.54) is 6.42 Å². The van der Waals surface area contributed by atoms with E-state index in [1.54, 1.807) is 12.1 Å². The SMILES string of the molecule is NCC1(C(=O)Nc2ccc(Br)c(Cl)c2Cl)CCCCC1. The molecule has 1 saturated carbocycles. The molecule has 0 bridgehead atoms. The van der Waals surface area contributed by atoms with Crippen LogP contribution >= 0.6 is 39.1 Å². The lowest BCUT2D eigenvalue weighted by atomic mass is 9.73. The molecular weight excluding hydrogens is 363 g/mol. The van der Waals surface area contributed by atoms with Crippen LogP contribution < -0.4 is 11.1 Å². The molecule has 1 fully saturated rings. The Morgan fingerprint density at radius 3 is 2.50 bits per heavy atom. The maximum absolute atomic E-state index is 12.6. The van der Waals surface area contributed by atoms with Crippen LogP contribution in [0.1, 0.15) is 32.1 Å². The lowest BCUT2D eigenvalue weighted by Gasteiger charge is -2.34. The van der Waals surface area contributed by atoms with Gasteiger partial charge in [-0.1, -0.05) is 42.5 Å². The molecule has 2 rings (SSSR count). The fourth-order valence-electron chi connectivity index (χ4n) is 2.63. The maximum atomic E-state index is 12.6. The number of rotatable bonds is 3. The van der Waals surface area contributed by atoms with Crippen molar-refractivity contribution in [2.24, 2.45) is 11.1 Å². The number of benzene rings is 1. The fraction of sp³-hybridized carbons (Fsp3) is 0.500. The molecule has 1 amide bonds. The third-order valence-electron chi connectivity index (χ3n) is 3.97. The molecule has 0 heterocycles. The molecule has 3 nitrogen and oxygen atoms in total. The second-order valence-electron chi connectivity index (χ2n) is 5.22. The molecule has 0 atom stereocenters. The number of anilines is 1. The number of hydrogen-bond acceptors (Lipinski definition) is 2. The summed E-state index contributed by atoms with van der Waals surface area (Å²) in [5.74, 6) is -0.0556. The molecule has 0 saturated heterocycles. The Morgan fingerprint density at radius 2 is 1.90 bits per heavy atom. The van der Waals surface area contributed by atoms with Crippen molar-refractivity contribution in [2.75, 3.05) is 11.9 Å². The Morgan fingerprint density at radius 1 is 1.25 bits per heavy atom. The highest BCUT2D eigenvalue weighted by Crippen LogP contribution is 2.39.